The van der Waals surface area contributed by atoms with Gasteiger partial charge in [-0.15, -0.1) is 0 Å². The molecule has 0 radical (unpaired) electrons. The van der Waals surface area contributed by atoms with Crippen molar-refractivity contribution in [2.45, 2.75) is 24.3 Å². The fraction of sp³-hybridized carbons (Fsp3) is 0.267. The molecule has 0 fully saturated rings. The van der Waals surface area contributed by atoms with Crippen LogP contribution in [0.4, 0.5) is 5.82 Å². The summed E-state index contributed by atoms with van der Waals surface area (Å²) in [5.74, 6) is 6.56. The van der Waals surface area contributed by atoms with E-state index in [-0.39, 0.29) is 0 Å². The number of nitrogens with zero attached hydrogens (tertiary/aromatic N) is 3. The lowest BCUT2D eigenvalue weighted by Crippen LogP contribution is -2.13. The largest absolute Gasteiger partial charge is 0.497 e. The van der Waals surface area contributed by atoms with E-state index in [9.17, 15) is 5.26 Å². The fourth-order valence-corrected chi connectivity index (χ4v) is 2.58. The first kappa shape index (κ1) is 16.1. The van der Waals surface area contributed by atoms with Gasteiger partial charge in [0, 0.05) is 10.8 Å². The summed E-state index contributed by atoms with van der Waals surface area (Å²) in [5, 5.41) is 10.3. The van der Waals surface area contributed by atoms with Crippen molar-refractivity contribution in [2.24, 2.45) is 5.84 Å². The van der Waals surface area contributed by atoms with Crippen LogP contribution in [0.3, 0.4) is 0 Å². The molecule has 3 N–H and O–H groups in total. The summed E-state index contributed by atoms with van der Waals surface area (Å²) >= 11 is 1.51. The van der Waals surface area contributed by atoms with Crippen molar-refractivity contribution >= 4 is 17.6 Å². The highest BCUT2D eigenvalue weighted by molar-refractivity contribution is 7.99. The molecule has 0 bridgehead atoms. The molecule has 0 aliphatic rings. The van der Waals surface area contributed by atoms with Crippen molar-refractivity contribution in [3.05, 3.63) is 29.8 Å². The maximum Gasteiger partial charge on any atom is 0.190 e. The third-order valence-electron chi connectivity index (χ3n) is 2.84. The Morgan fingerprint density at radius 2 is 1.95 bits per heavy atom. The van der Waals surface area contributed by atoms with E-state index in [4.69, 9.17) is 10.6 Å². The molecule has 22 heavy (non-hydrogen) atoms. The van der Waals surface area contributed by atoms with Gasteiger partial charge in [0.15, 0.2) is 11.0 Å². The molecule has 0 aliphatic heterocycles. The monoisotopic (exact) mass is 315 g/mol. The highest BCUT2D eigenvalue weighted by Gasteiger charge is 2.16. The van der Waals surface area contributed by atoms with Crippen LogP contribution in [-0.4, -0.2) is 22.3 Å². The maximum absolute atomic E-state index is 9.41. The van der Waals surface area contributed by atoms with Crippen molar-refractivity contribution in [1.29, 1.82) is 5.26 Å². The number of nitrogens with one attached hydrogen (secondary N) is 1. The Hall–Kier alpha value is -2.30. The molecule has 7 heteroatoms. The zero-order chi connectivity index (χ0) is 16.1. The van der Waals surface area contributed by atoms with Crippen LogP contribution in [0, 0.1) is 11.3 Å². The fourth-order valence-electron chi connectivity index (χ4n) is 1.87. The van der Waals surface area contributed by atoms with Gasteiger partial charge in [-0.05, 0) is 24.3 Å². The van der Waals surface area contributed by atoms with Crippen LogP contribution in [0.25, 0.3) is 11.3 Å². The number of hydrazine groups is 1. The van der Waals surface area contributed by atoms with E-state index in [2.05, 4.69) is 35.3 Å². The lowest BCUT2D eigenvalue weighted by Gasteiger charge is -2.12. The number of aromatic nitrogens is 2. The summed E-state index contributed by atoms with van der Waals surface area (Å²) in [7, 11) is 1.61. The highest BCUT2D eigenvalue weighted by Crippen LogP contribution is 2.30. The van der Waals surface area contributed by atoms with Crippen molar-refractivity contribution < 1.29 is 4.74 Å². The summed E-state index contributed by atoms with van der Waals surface area (Å²) < 4.78 is 5.15. The minimum absolute atomic E-state index is 0.320. The van der Waals surface area contributed by atoms with Crippen LogP contribution < -0.4 is 16.0 Å². The van der Waals surface area contributed by atoms with Gasteiger partial charge in [0.05, 0.1) is 12.8 Å². The summed E-state index contributed by atoms with van der Waals surface area (Å²) in [5.41, 5.74) is 4.16. The third-order valence-corrected chi connectivity index (χ3v) is 3.71. The Kier molecular flexibility index (Phi) is 5.20. The van der Waals surface area contributed by atoms with Gasteiger partial charge in [0.25, 0.3) is 0 Å². The number of thioether (sulfide) groups is 1. The Labute approximate surface area is 133 Å². The number of hydrogen-bond donors (Lipinski definition) is 2. The molecule has 0 amide bonds. The highest BCUT2D eigenvalue weighted by atomic mass is 32.2. The smallest absolute Gasteiger partial charge is 0.190 e. The molecule has 2 rings (SSSR count). The Morgan fingerprint density at radius 1 is 1.27 bits per heavy atom. The Balaban J connectivity index is 2.57. The van der Waals surface area contributed by atoms with Crippen molar-refractivity contribution in [3.63, 3.8) is 0 Å². The molecule has 2 aromatic rings. The van der Waals surface area contributed by atoms with Gasteiger partial charge in [-0.1, -0.05) is 25.6 Å². The Bertz CT molecular complexity index is 694. The molecule has 0 unspecified atom stereocenters. The number of rotatable bonds is 5. The van der Waals surface area contributed by atoms with Crippen LogP contribution in [-0.2, 0) is 0 Å². The first-order chi connectivity index (χ1) is 10.6. The van der Waals surface area contributed by atoms with Gasteiger partial charge in [-0.3, -0.25) is 0 Å². The molecule has 0 saturated carbocycles. The standard InChI is InChI=1S/C15H17N5OS/c1-9(2)22-15-18-13(12(8-16)14(19-15)20-17)10-4-6-11(21-3)7-5-10/h4-7,9H,17H2,1-3H3,(H,18,19,20). The quantitative estimate of drug-likeness (QED) is 0.379. The molecule has 6 nitrogen and oxygen atoms in total. The number of anilines is 1. The molecule has 0 spiro atoms. The van der Waals surface area contributed by atoms with Crippen LogP contribution >= 0.6 is 11.8 Å². The number of nitrogen functional groups attached to an aromatic ring is 1. The van der Waals surface area contributed by atoms with E-state index in [1.54, 1.807) is 7.11 Å². The lowest BCUT2D eigenvalue weighted by molar-refractivity contribution is 0.415. The molecular formula is C15H17N5OS. The molecular weight excluding hydrogens is 298 g/mol. The number of nitrogens with two attached hydrogens (primary N) is 1. The van der Waals surface area contributed by atoms with E-state index in [1.807, 2.05) is 24.3 Å². The minimum Gasteiger partial charge on any atom is -0.497 e. The van der Waals surface area contributed by atoms with E-state index in [0.717, 1.165) is 11.3 Å². The first-order valence-electron chi connectivity index (χ1n) is 6.68. The molecule has 0 aliphatic carbocycles. The zero-order valence-corrected chi connectivity index (χ0v) is 13.4. The molecule has 1 heterocycles. The second-order valence-corrected chi connectivity index (χ2v) is 6.27. The molecule has 1 aromatic heterocycles. The van der Waals surface area contributed by atoms with Gasteiger partial charge in [-0.25, -0.2) is 15.8 Å². The molecule has 0 saturated heterocycles. The lowest BCUT2D eigenvalue weighted by atomic mass is 10.1. The molecule has 0 atom stereocenters. The van der Waals surface area contributed by atoms with Crippen molar-refractivity contribution in [3.8, 4) is 23.1 Å². The second-order valence-electron chi connectivity index (χ2n) is 4.73. The summed E-state index contributed by atoms with van der Waals surface area (Å²) in [6.45, 7) is 4.10. The molecule has 114 valence electrons. The number of ether oxygens (including phenoxy) is 1. The number of benzene rings is 1. The first-order valence-corrected chi connectivity index (χ1v) is 7.56. The van der Waals surface area contributed by atoms with Crippen LogP contribution in [0.15, 0.2) is 29.4 Å². The van der Waals surface area contributed by atoms with Gasteiger partial charge in [0.2, 0.25) is 0 Å². The summed E-state index contributed by atoms with van der Waals surface area (Å²) in [4.78, 5) is 8.80. The summed E-state index contributed by atoms with van der Waals surface area (Å²) in [6, 6.07) is 9.47. The van der Waals surface area contributed by atoms with E-state index >= 15 is 0 Å². The average molecular weight is 315 g/mol. The second kappa shape index (κ2) is 7.11. The van der Waals surface area contributed by atoms with E-state index in [1.165, 1.54) is 11.8 Å². The minimum atomic E-state index is 0.320. The zero-order valence-electron chi connectivity index (χ0n) is 12.6. The predicted octanol–water partition coefficient (Wildman–Crippen LogP) is 2.81. The SMILES string of the molecule is COc1ccc(-c2nc(SC(C)C)nc(NN)c2C#N)cc1. The molecule has 1 aromatic carbocycles. The number of methoxy groups -OCH3 is 1. The van der Waals surface area contributed by atoms with Crippen molar-refractivity contribution in [2.75, 3.05) is 12.5 Å². The van der Waals surface area contributed by atoms with Crippen molar-refractivity contribution in [1.82, 2.24) is 9.97 Å². The normalized spacial score (nSPS) is 10.4. The van der Waals surface area contributed by atoms with E-state index < -0.39 is 0 Å². The third kappa shape index (κ3) is 3.47. The van der Waals surface area contributed by atoms with Crippen LogP contribution in [0.2, 0.25) is 0 Å². The van der Waals surface area contributed by atoms with Gasteiger partial charge >= 0.3 is 0 Å². The van der Waals surface area contributed by atoms with E-state index in [0.29, 0.717) is 27.5 Å². The number of nitriles is 1. The average Bonchev–Trinajstić information content (AvgIpc) is 2.53. The maximum atomic E-state index is 9.41. The van der Waals surface area contributed by atoms with Gasteiger partial charge < -0.3 is 10.2 Å². The van der Waals surface area contributed by atoms with Crippen LogP contribution in [0.1, 0.15) is 19.4 Å². The summed E-state index contributed by atoms with van der Waals surface area (Å²) in [6.07, 6.45) is 0. The predicted molar refractivity (Wildman–Crippen MR) is 87.5 cm³/mol. The Morgan fingerprint density at radius 3 is 2.45 bits per heavy atom. The van der Waals surface area contributed by atoms with Gasteiger partial charge in [0.1, 0.15) is 17.4 Å². The van der Waals surface area contributed by atoms with Gasteiger partial charge in [-0.2, -0.15) is 5.26 Å². The topological polar surface area (TPSA) is 96.8 Å². The van der Waals surface area contributed by atoms with Crippen LogP contribution in [0.5, 0.6) is 5.75 Å². The number of hydrogen-bond acceptors (Lipinski definition) is 7.